The molecule has 0 unspecified atom stereocenters. The first-order valence-corrected chi connectivity index (χ1v) is 8.91. The maximum absolute atomic E-state index is 12.6. The van der Waals surface area contributed by atoms with Crippen molar-refractivity contribution >= 4 is 34.8 Å². The van der Waals surface area contributed by atoms with Crippen molar-refractivity contribution in [3.05, 3.63) is 64.6 Å². The number of rotatable bonds is 6. The number of methoxy groups -OCH3 is 2. The van der Waals surface area contributed by atoms with Crippen LogP contribution in [0.25, 0.3) is 6.08 Å². The van der Waals surface area contributed by atoms with Gasteiger partial charge in [0.05, 0.1) is 25.7 Å². The van der Waals surface area contributed by atoms with Crippen LogP contribution in [0, 0.1) is 0 Å². The van der Waals surface area contributed by atoms with Gasteiger partial charge >= 0.3 is 0 Å². The van der Waals surface area contributed by atoms with E-state index in [0.29, 0.717) is 22.6 Å². The molecule has 0 aromatic heterocycles. The molecule has 0 aliphatic carbocycles. The average Bonchev–Trinajstić information content (AvgIpc) is 2.95. The van der Waals surface area contributed by atoms with Gasteiger partial charge in [-0.2, -0.15) is 0 Å². The number of benzene rings is 2. The third-order valence-electron chi connectivity index (χ3n) is 3.99. The minimum absolute atomic E-state index is 0.229. The quantitative estimate of drug-likeness (QED) is 0.560. The molecule has 2 amide bonds. The van der Waals surface area contributed by atoms with E-state index in [9.17, 15) is 14.4 Å². The normalized spacial score (nSPS) is 15.3. The molecular weight excluding hydrogens is 366 g/mol. The van der Waals surface area contributed by atoms with Crippen LogP contribution >= 0.6 is 11.8 Å². The SMILES string of the molecule is COc1cccc(/C=C2/SC(=O)N(CC(=O)c3ccccc3)C2=O)c1OC. The number of hydrogen-bond donors (Lipinski definition) is 0. The molecular formula is C20H17NO5S. The van der Waals surface area contributed by atoms with E-state index < -0.39 is 11.1 Å². The van der Waals surface area contributed by atoms with E-state index in [2.05, 4.69) is 0 Å². The topological polar surface area (TPSA) is 72.9 Å². The van der Waals surface area contributed by atoms with Crippen LogP contribution in [0.4, 0.5) is 4.79 Å². The van der Waals surface area contributed by atoms with E-state index in [1.54, 1.807) is 54.6 Å². The van der Waals surface area contributed by atoms with Gasteiger partial charge in [0.2, 0.25) is 0 Å². The zero-order valence-corrected chi connectivity index (χ0v) is 15.6. The lowest BCUT2D eigenvalue weighted by Gasteiger charge is -2.12. The van der Waals surface area contributed by atoms with Gasteiger partial charge < -0.3 is 9.47 Å². The summed E-state index contributed by atoms with van der Waals surface area (Å²) in [5, 5.41) is -0.475. The smallest absolute Gasteiger partial charge is 0.293 e. The maximum atomic E-state index is 12.6. The molecule has 0 saturated carbocycles. The molecule has 1 aliphatic rings. The summed E-state index contributed by atoms with van der Waals surface area (Å²) in [6, 6.07) is 13.8. The number of ketones is 1. The highest BCUT2D eigenvalue weighted by molar-refractivity contribution is 8.18. The Morgan fingerprint density at radius 3 is 2.44 bits per heavy atom. The second-order valence-corrected chi connectivity index (χ2v) is 6.63. The van der Waals surface area contributed by atoms with Gasteiger partial charge in [0.1, 0.15) is 0 Å². The summed E-state index contributed by atoms with van der Waals surface area (Å²) in [4.78, 5) is 38.4. The van der Waals surface area contributed by atoms with E-state index >= 15 is 0 Å². The van der Waals surface area contributed by atoms with E-state index in [-0.39, 0.29) is 17.2 Å². The van der Waals surface area contributed by atoms with Crippen molar-refractivity contribution < 1.29 is 23.9 Å². The first-order valence-electron chi connectivity index (χ1n) is 8.09. The lowest BCUT2D eigenvalue weighted by Crippen LogP contribution is -2.33. The molecule has 138 valence electrons. The van der Waals surface area contributed by atoms with Gasteiger partial charge in [-0.25, -0.2) is 0 Å². The highest BCUT2D eigenvalue weighted by Crippen LogP contribution is 2.37. The first kappa shape index (κ1) is 18.7. The zero-order valence-electron chi connectivity index (χ0n) is 14.8. The minimum atomic E-state index is -0.501. The molecule has 1 fully saturated rings. The summed E-state index contributed by atoms with van der Waals surface area (Å²) in [6.45, 7) is -0.290. The molecule has 6 nitrogen and oxygen atoms in total. The predicted octanol–water partition coefficient (Wildman–Crippen LogP) is 3.62. The van der Waals surface area contributed by atoms with Crippen LogP contribution in [0.15, 0.2) is 53.4 Å². The van der Waals surface area contributed by atoms with E-state index in [1.165, 1.54) is 14.2 Å². The van der Waals surface area contributed by atoms with Crippen LogP contribution in [0.1, 0.15) is 15.9 Å². The highest BCUT2D eigenvalue weighted by atomic mass is 32.2. The van der Waals surface area contributed by atoms with Gasteiger partial charge in [-0.15, -0.1) is 0 Å². The molecule has 3 rings (SSSR count). The lowest BCUT2D eigenvalue weighted by atomic mass is 10.1. The monoisotopic (exact) mass is 383 g/mol. The van der Waals surface area contributed by atoms with Gasteiger partial charge in [0.25, 0.3) is 11.1 Å². The van der Waals surface area contributed by atoms with Crippen molar-refractivity contribution in [1.82, 2.24) is 4.90 Å². The van der Waals surface area contributed by atoms with Crippen molar-refractivity contribution in [2.45, 2.75) is 0 Å². The molecule has 0 N–H and O–H groups in total. The van der Waals surface area contributed by atoms with Crippen LogP contribution in [-0.4, -0.2) is 42.6 Å². The number of thioether (sulfide) groups is 1. The fraction of sp³-hybridized carbons (Fsp3) is 0.150. The Labute approximate surface area is 160 Å². The Balaban J connectivity index is 1.84. The summed E-state index contributed by atoms with van der Waals surface area (Å²) < 4.78 is 10.6. The van der Waals surface area contributed by atoms with Crippen LogP contribution in [0.3, 0.4) is 0 Å². The van der Waals surface area contributed by atoms with E-state index in [0.717, 1.165) is 16.7 Å². The van der Waals surface area contributed by atoms with Gasteiger partial charge in [-0.05, 0) is 23.9 Å². The largest absolute Gasteiger partial charge is 0.493 e. The van der Waals surface area contributed by atoms with Gasteiger partial charge in [-0.3, -0.25) is 19.3 Å². The Hall–Kier alpha value is -3.06. The van der Waals surface area contributed by atoms with Gasteiger partial charge in [0, 0.05) is 11.1 Å². The molecule has 1 saturated heterocycles. The van der Waals surface area contributed by atoms with Crippen LogP contribution in [0.2, 0.25) is 0 Å². The average molecular weight is 383 g/mol. The number of hydrogen-bond acceptors (Lipinski definition) is 6. The lowest BCUT2D eigenvalue weighted by molar-refractivity contribution is -0.122. The third kappa shape index (κ3) is 3.88. The standard InChI is InChI=1S/C20H17NO5S/c1-25-16-10-6-9-14(18(16)26-2)11-17-19(23)21(20(24)27-17)12-15(22)13-7-4-3-5-8-13/h3-11H,12H2,1-2H3/b17-11+. The molecule has 2 aromatic rings. The minimum Gasteiger partial charge on any atom is -0.493 e. The molecule has 1 heterocycles. The Morgan fingerprint density at radius 1 is 1.04 bits per heavy atom. The summed E-state index contributed by atoms with van der Waals surface area (Å²) in [6.07, 6.45) is 1.57. The second-order valence-electron chi connectivity index (χ2n) is 5.64. The van der Waals surface area contributed by atoms with Crippen LogP contribution in [0.5, 0.6) is 11.5 Å². The van der Waals surface area contributed by atoms with Crippen molar-refractivity contribution in [3.8, 4) is 11.5 Å². The number of carbonyl (C=O) groups is 3. The fourth-order valence-corrected chi connectivity index (χ4v) is 3.49. The molecule has 27 heavy (non-hydrogen) atoms. The number of carbonyl (C=O) groups excluding carboxylic acids is 3. The number of imide groups is 1. The zero-order chi connectivity index (χ0) is 19.4. The Kier molecular flexibility index (Phi) is 5.61. The molecule has 0 spiro atoms. The summed E-state index contributed by atoms with van der Waals surface area (Å²) in [5.41, 5.74) is 1.06. The Bertz CT molecular complexity index is 923. The third-order valence-corrected chi connectivity index (χ3v) is 4.90. The summed E-state index contributed by atoms with van der Waals surface area (Å²) in [7, 11) is 3.02. The molecule has 0 radical (unpaired) electrons. The van der Waals surface area contributed by atoms with Crippen molar-refractivity contribution in [2.24, 2.45) is 0 Å². The molecule has 7 heteroatoms. The number of amides is 2. The second kappa shape index (κ2) is 8.09. The van der Waals surface area contributed by atoms with E-state index in [4.69, 9.17) is 9.47 Å². The number of Topliss-reactive ketones (excluding diaryl/α,β-unsaturated/α-hetero) is 1. The van der Waals surface area contributed by atoms with E-state index in [1.807, 2.05) is 0 Å². The summed E-state index contributed by atoms with van der Waals surface area (Å²) in [5.74, 6) is 0.189. The Morgan fingerprint density at radius 2 is 1.78 bits per heavy atom. The summed E-state index contributed by atoms with van der Waals surface area (Å²) >= 11 is 0.796. The predicted molar refractivity (Wildman–Crippen MR) is 103 cm³/mol. The number of nitrogens with zero attached hydrogens (tertiary/aromatic N) is 1. The molecule has 1 aliphatic heterocycles. The molecule has 0 atom stereocenters. The highest BCUT2D eigenvalue weighted by Gasteiger charge is 2.36. The van der Waals surface area contributed by atoms with Crippen LogP contribution < -0.4 is 9.47 Å². The first-order chi connectivity index (χ1) is 13.0. The van der Waals surface area contributed by atoms with Gasteiger partial charge in [-0.1, -0.05) is 42.5 Å². The maximum Gasteiger partial charge on any atom is 0.293 e. The number of ether oxygens (including phenoxy) is 2. The number of para-hydroxylation sites is 1. The van der Waals surface area contributed by atoms with Crippen LogP contribution in [-0.2, 0) is 4.79 Å². The fourth-order valence-electron chi connectivity index (χ4n) is 2.66. The molecule has 0 bridgehead atoms. The van der Waals surface area contributed by atoms with Crippen molar-refractivity contribution in [1.29, 1.82) is 0 Å². The van der Waals surface area contributed by atoms with Gasteiger partial charge in [0.15, 0.2) is 17.3 Å². The molecule has 2 aromatic carbocycles. The van der Waals surface area contributed by atoms with Crippen molar-refractivity contribution in [2.75, 3.05) is 20.8 Å². The van der Waals surface area contributed by atoms with Crippen molar-refractivity contribution in [3.63, 3.8) is 0 Å².